The van der Waals surface area contributed by atoms with Gasteiger partial charge in [0.25, 0.3) is 0 Å². The van der Waals surface area contributed by atoms with Gasteiger partial charge >= 0.3 is 0 Å². The molecule has 9 heteroatoms. The minimum absolute atomic E-state index is 0.0379. The maximum atomic E-state index is 13.1. The lowest BCUT2D eigenvalue weighted by Gasteiger charge is -2.26. The highest BCUT2D eigenvalue weighted by Gasteiger charge is 2.29. The lowest BCUT2D eigenvalue weighted by Crippen LogP contribution is -2.35. The predicted octanol–water partition coefficient (Wildman–Crippen LogP) is 4.36. The van der Waals surface area contributed by atoms with Crippen molar-refractivity contribution in [1.82, 2.24) is 4.31 Å². The molecule has 1 saturated heterocycles. The zero-order valence-electron chi connectivity index (χ0n) is 16.0. The summed E-state index contributed by atoms with van der Waals surface area (Å²) in [4.78, 5) is 12.5. The molecule has 0 aliphatic carbocycles. The summed E-state index contributed by atoms with van der Waals surface area (Å²) in [5.41, 5.74) is 1.000. The third-order valence-corrected chi connectivity index (χ3v) is 7.25. The molecular formula is C20H22Cl2N2O4S. The van der Waals surface area contributed by atoms with E-state index in [1.807, 2.05) is 0 Å². The van der Waals surface area contributed by atoms with E-state index in [2.05, 4.69) is 5.32 Å². The molecule has 1 amide bonds. The molecule has 156 valence electrons. The lowest BCUT2D eigenvalue weighted by molar-refractivity contribution is -0.115. The quantitative estimate of drug-likeness (QED) is 0.700. The molecule has 0 saturated carbocycles. The maximum Gasteiger partial charge on any atom is 0.246 e. The van der Waals surface area contributed by atoms with Crippen LogP contribution in [0.25, 0.3) is 0 Å². The average Bonchev–Trinajstić information content (AvgIpc) is 2.70. The van der Waals surface area contributed by atoms with Gasteiger partial charge in [0.05, 0.1) is 13.5 Å². The predicted molar refractivity (Wildman–Crippen MR) is 114 cm³/mol. The van der Waals surface area contributed by atoms with E-state index in [1.165, 1.54) is 17.5 Å². The monoisotopic (exact) mass is 456 g/mol. The Morgan fingerprint density at radius 3 is 2.48 bits per heavy atom. The number of nitrogens with one attached hydrogen (secondary N) is 1. The van der Waals surface area contributed by atoms with Gasteiger partial charge in [-0.15, -0.1) is 0 Å². The normalized spacial score (nSPS) is 15.1. The molecule has 29 heavy (non-hydrogen) atoms. The number of nitrogens with zero attached hydrogens (tertiary/aromatic N) is 1. The van der Waals surface area contributed by atoms with Crippen molar-refractivity contribution in [3.63, 3.8) is 0 Å². The molecular weight excluding hydrogens is 435 g/mol. The summed E-state index contributed by atoms with van der Waals surface area (Å²) in [5, 5.41) is 3.62. The number of anilines is 1. The summed E-state index contributed by atoms with van der Waals surface area (Å²) in [7, 11) is -2.29. The molecule has 0 aromatic heterocycles. The van der Waals surface area contributed by atoms with E-state index < -0.39 is 10.0 Å². The van der Waals surface area contributed by atoms with Crippen molar-refractivity contribution in [1.29, 1.82) is 0 Å². The molecule has 1 aliphatic heterocycles. The molecule has 1 heterocycles. The molecule has 0 radical (unpaired) electrons. The highest BCUT2D eigenvalue weighted by molar-refractivity contribution is 7.89. The maximum absolute atomic E-state index is 13.1. The van der Waals surface area contributed by atoms with E-state index in [9.17, 15) is 13.2 Å². The van der Waals surface area contributed by atoms with Gasteiger partial charge in [-0.2, -0.15) is 4.31 Å². The first-order valence-corrected chi connectivity index (χ1v) is 11.4. The van der Waals surface area contributed by atoms with Crippen molar-refractivity contribution in [2.45, 2.75) is 30.6 Å². The fourth-order valence-electron chi connectivity index (χ4n) is 3.24. The molecule has 6 nitrogen and oxygen atoms in total. The first-order valence-electron chi connectivity index (χ1n) is 9.23. The number of carbonyl (C=O) groups excluding carboxylic acids is 1. The molecule has 0 unspecified atom stereocenters. The number of hydrogen-bond acceptors (Lipinski definition) is 4. The number of benzene rings is 2. The minimum atomic E-state index is -3.71. The van der Waals surface area contributed by atoms with Gasteiger partial charge in [0.15, 0.2) is 0 Å². The molecule has 2 aromatic carbocycles. The number of methoxy groups -OCH3 is 1. The third kappa shape index (κ3) is 5.22. The Morgan fingerprint density at radius 2 is 1.83 bits per heavy atom. The standard InChI is InChI=1S/C20H22Cl2N2O4S/c1-28-18-8-7-16(13-19(18)29(26,27)24-9-3-2-4-10-24)23-20(25)11-14-5-6-15(21)12-17(14)22/h5-8,12-13H,2-4,9-11H2,1H3,(H,23,25). The number of hydrogen-bond donors (Lipinski definition) is 1. The van der Waals surface area contributed by atoms with E-state index in [-0.39, 0.29) is 23.0 Å². The van der Waals surface area contributed by atoms with Crippen LogP contribution in [-0.4, -0.2) is 38.8 Å². The molecule has 3 rings (SSSR count). The van der Waals surface area contributed by atoms with Crippen LogP contribution in [0.2, 0.25) is 10.0 Å². The molecule has 1 fully saturated rings. The molecule has 0 atom stereocenters. The van der Waals surface area contributed by atoms with Crippen LogP contribution >= 0.6 is 23.2 Å². The number of halogens is 2. The Balaban J connectivity index is 1.81. The van der Waals surface area contributed by atoms with Crippen LogP contribution in [-0.2, 0) is 21.2 Å². The van der Waals surface area contributed by atoms with Gasteiger partial charge in [0.2, 0.25) is 15.9 Å². The number of rotatable bonds is 6. The van der Waals surface area contributed by atoms with Crippen molar-refractivity contribution in [3.8, 4) is 5.75 Å². The van der Waals surface area contributed by atoms with Gasteiger partial charge in [0, 0.05) is 28.8 Å². The molecule has 0 bridgehead atoms. The second-order valence-electron chi connectivity index (χ2n) is 6.79. The zero-order chi connectivity index (χ0) is 21.0. The summed E-state index contributed by atoms with van der Waals surface area (Å²) in [6.07, 6.45) is 2.72. The lowest BCUT2D eigenvalue weighted by atomic mass is 10.1. The first-order chi connectivity index (χ1) is 13.8. The summed E-state index contributed by atoms with van der Waals surface area (Å²) >= 11 is 12.0. The SMILES string of the molecule is COc1ccc(NC(=O)Cc2ccc(Cl)cc2Cl)cc1S(=O)(=O)N1CCCCC1. The van der Waals surface area contributed by atoms with Crippen LogP contribution in [0.1, 0.15) is 24.8 Å². The van der Waals surface area contributed by atoms with E-state index in [0.29, 0.717) is 34.4 Å². The number of ether oxygens (including phenoxy) is 1. The number of carbonyl (C=O) groups is 1. The van der Waals surface area contributed by atoms with E-state index in [4.69, 9.17) is 27.9 Å². The van der Waals surface area contributed by atoms with Crippen LogP contribution in [0, 0.1) is 0 Å². The topological polar surface area (TPSA) is 75.7 Å². The minimum Gasteiger partial charge on any atom is -0.495 e. The van der Waals surface area contributed by atoms with E-state index in [0.717, 1.165) is 19.3 Å². The Hall–Kier alpha value is -1.80. The second-order valence-corrected chi connectivity index (χ2v) is 9.54. The summed E-state index contributed by atoms with van der Waals surface area (Å²) < 4.78 is 32.9. The number of amides is 1. The fraction of sp³-hybridized carbons (Fsp3) is 0.350. The van der Waals surface area contributed by atoms with Gasteiger partial charge in [-0.3, -0.25) is 4.79 Å². The Labute approximate surface area is 180 Å². The smallest absolute Gasteiger partial charge is 0.246 e. The Kier molecular flexibility index (Phi) is 7.05. The van der Waals surface area contributed by atoms with Crippen molar-refractivity contribution in [3.05, 3.63) is 52.0 Å². The molecule has 1 N–H and O–H groups in total. The highest BCUT2D eigenvalue weighted by Crippen LogP contribution is 2.31. The third-order valence-electron chi connectivity index (χ3n) is 4.75. The van der Waals surface area contributed by atoms with Gasteiger partial charge < -0.3 is 10.1 Å². The average molecular weight is 457 g/mol. The Bertz CT molecular complexity index is 1010. The van der Waals surface area contributed by atoms with Crippen LogP contribution < -0.4 is 10.1 Å². The summed E-state index contributed by atoms with van der Waals surface area (Å²) in [6.45, 7) is 0.967. The molecule has 1 aliphatic rings. The van der Waals surface area contributed by atoms with E-state index in [1.54, 1.807) is 30.3 Å². The highest BCUT2D eigenvalue weighted by atomic mass is 35.5. The molecule has 0 spiro atoms. The first kappa shape index (κ1) is 21.9. The number of sulfonamides is 1. The zero-order valence-corrected chi connectivity index (χ0v) is 18.3. The Morgan fingerprint density at radius 1 is 1.10 bits per heavy atom. The summed E-state index contributed by atoms with van der Waals surface area (Å²) in [5.74, 6) is -0.0740. The molecule has 2 aromatic rings. The largest absolute Gasteiger partial charge is 0.495 e. The van der Waals surface area contributed by atoms with Crippen LogP contribution in [0.4, 0.5) is 5.69 Å². The fourth-order valence-corrected chi connectivity index (χ4v) is 5.42. The van der Waals surface area contributed by atoms with Crippen LogP contribution in [0.5, 0.6) is 5.75 Å². The van der Waals surface area contributed by atoms with Crippen LogP contribution in [0.3, 0.4) is 0 Å². The van der Waals surface area contributed by atoms with Crippen molar-refractivity contribution >= 4 is 44.8 Å². The second kappa shape index (κ2) is 9.34. The van der Waals surface area contributed by atoms with Crippen molar-refractivity contribution < 1.29 is 17.9 Å². The van der Waals surface area contributed by atoms with E-state index >= 15 is 0 Å². The number of piperidine rings is 1. The van der Waals surface area contributed by atoms with Gasteiger partial charge in [0.1, 0.15) is 10.6 Å². The van der Waals surface area contributed by atoms with Gasteiger partial charge in [-0.1, -0.05) is 35.7 Å². The van der Waals surface area contributed by atoms with Crippen molar-refractivity contribution in [2.24, 2.45) is 0 Å². The van der Waals surface area contributed by atoms with Crippen molar-refractivity contribution in [2.75, 3.05) is 25.5 Å². The van der Waals surface area contributed by atoms with Gasteiger partial charge in [-0.05, 0) is 48.7 Å². The van der Waals surface area contributed by atoms with Gasteiger partial charge in [-0.25, -0.2) is 8.42 Å². The summed E-state index contributed by atoms with van der Waals surface area (Å²) in [6, 6.07) is 9.50. The van der Waals surface area contributed by atoms with Crippen LogP contribution in [0.15, 0.2) is 41.3 Å².